The Morgan fingerprint density at radius 2 is 2.11 bits per heavy atom. The highest BCUT2D eigenvalue weighted by atomic mass is 32.2. The van der Waals surface area contributed by atoms with Crippen LogP contribution in [0.2, 0.25) is 0 Å². The average Bonchev–Trinajstić information content (AvgIpc) is 2.28. The molecule has 0 saturated carbocycles. The number of nitrogen functional groups attached to an aromatic ring is 1. The molecule has 0 atom stereocenters. The van der Waals surface area contributed by atoms with Crippen molar-refractivity contribution < 1.29 is 12.8 Å². The zero-order valence-corrected chi connectivity index (χ0v) is 11.8. The molecular weight excluding hydrogens is 269 g/mol. The molecule has 5 nitrogen and oxygen atoms in total. The Balaban J connectivity index is 2.77. The molecule has 1 rings (SSSR count). The summed E-state index contributed by atoms with van der Waals surface area (Å²) in [7, 11) is -1.32. The van der Waals surface area contributed by atoms with Gasteiger partial charge in [-0.15, -0.1) is 0 Å². The van der Waals surface area contributed by atoms with Crippen LogP contribution in [0.4, 0.5) is 4.39 Å². The fraction of sp³-hybridized carbons (Fsp3) is 0.417. The smallest absolute Gasteiger partial charge is 0.148 e. The highest BCUT2D eigenvalue weighted by Crippen LogP contribution is 2.14. The number of rotatable bonds is 6. The maximum absolute atomic E-state index is 14.0. The molecule has 0 radical (unpaired) electrons. The minimum Gasteiger partial charge on any atom is -0.384 e. The molecule has 0 spiro atoms. The molecule has 0 saturated heterocycles. The van der Waals surface area contributed by atoms with Crippen LogP contribution in [-0.2, 0) is 16.4 Å². The van der Waals surface area contributed by atoms with Gasteiger partial charge < -0.3 is 10.6 Å². The average molecular weight is 287 g/mol. The fourth-order valence-electron chi connectivity index (χ4n) is 1.60. The van der Waals surface area contributed by atoms with Gasteiger partial charge in [0.25, 0.3) is 0 Å². The van der Waals surface area contributed by atoms with Crippen LogP contribution in [0.15, 0.2) is 18.2 Å². The largest absolute Gasteiger partial charge is 0.384 e. The van der Waals surface area contributed by atoms with Crippen LogP contribution >= 0.6 is 0 Å². The molecule has 0 amide bonds. The van der Waals surface area contributed by atoms with Crippen molar-refractivity contribution in [3.8, 4) is 0 Å². The number of benzene rings is 1. The Kier molecular flexibility index (Phi) is 5.02. The Morgan fingerprint density at radius 3 is 2.63 bits per heavy atom. The molecule has 0 aliphatic heterocycles. The second-order valence-corrected chi connectivity index (χ2v) is 6.82. The summed E-state index contributed by atoms with van der Waals surface area (Å²) in [6, 6.07) is 4.66. The minimum absolute atomic E-state index is 0.0253. The molecule has 1 aromatic rings. The summed E-state index contributed by atoms with van der Waals surface area (Å²) in [5.41, 5.74) is 5.74. The Morgan fingerprint density at radius 1 is 1.47 bits per heavy atom. The zero-order chi connectivity index (χ0) is 14.6. The lowest BCUT2D eigenvalue weighted by Gasteiger charge is -2.17. The quantitative estimate of drug-likeness (QED) is 0.592. The lowest BCUT2D eigenvalue weighted by Crippen LogP contribution is -2.26. The van der Waals surface area contributed by atoms with Gasteiger partial charge >= 0.3 is 0 Å². The Bertz CT molecular complexity index is 572. The lowest BCUT2D eigenvalue weighted by molar-refractivity contribution is 0.340. The van der Waals surface area contributed by atoms with Crippen molar-refractivity contribution in [1.29, 1.82) is 5.41 Å². The first-order valence-electron chi connectivity index (χ1n) is 5.69. The summed E-state index contributed by atoms with van der Waals surface area (Å²) >= 11 is 0. The van der Waals surface area contributed by atoms with E-state index in [1.54, 1.807) is 24.1 Å². The summed E-state index contributed by atoms with van der Waals surface area (Å²) in [4.78, 5) is 1.71. The number of nitrogens with one attached hydrogen (secondary N) is 1. The molecule has 0 aromatic heterocycles. The third-order valence-corrected chi connectivity index (χ3v) is 3.58. The molecule has 0 heterocycles. The molecule has 3 N–H and O–H groups in total. The summed E-state index contributed by atoms with van der Waals surface area (Å²) in [5, 5.41) is 7.26. The van der Waals surface area contributed by atoms with Crippen molar-refractivity contribution >= 4 is 15.7 Å². The Labute approximate surface area is 112 Å². The first kappa shape index (κ1) is 15.6. The predicted octanol–water partition coefficient (Wildman–Crippen LogP) is 0.586. The maximum atomic E-state index is 14.0. The van der Waals surface area contributed by atoms with Gasteiger partial charge in [0, 0.05) is 24.9 Å². The second kappa shape index (κ2) is 6.12. The number of halogens is 1. The standard InChI is InChI=1S/C12H18FN3O2S/c1-16(6-7-19(2,17)18)8-9-4-3-5-10(11(9)13)12(14)15/h3-5H,6-8H2,1-2H3,(H3,14,15). The van der Waals surface area contributed by atoms with Crippen LogP contribution in [0.5, 0.6) is 0 Å². The van der Waals surface area contributed by atoms with Crippen molar-refractivity contribution in [2.45, 2.75) is 6.54 Å². The number of amidine groups is 1. The van der Waals surface area contributed by atoms with Crippen LogP contribution in [-0.4, -0.2) is 44.8 Å². The monoisotopic (exact) mass is 287 g/mol. The van der Waals surface area contributed by atoms with Crippen molar-refractivity contribution in [3.63, 3.8) is 0 Å². The molecule has 0 aliphatic carbocycles. The zero-order valence-electron chi connectivity index (χ0n) is 11.0. The third-order valence-electron chi connectivity index (χ3n) is 2.65. The van der Waals surface area contributed by atoms with Crippen molar-refractivity contribution in [1.82, 2.24) is 4.90 Å². The van der Waals surface area contributed by atoms with Gasteiger partial charge in [0.05, 0.1) is 11.3 Å². The number of nitrogens with two attached hydrogens (primary N) is 1. The summed E-state index contributed by atoms with van der Waals surface area (Å²) in [6.07, 6.45) is 1.16. The van der Waals surface area contributed by atoms with E-state index in [1.807, 2.05) is 0 Å². The molecule has 0 aliphatic rings. The first-order valence-corrected chi connectivity index (χ1v) is 7.75. The van der Waals surface area contributed by atoms with E-state index in [-0.39, 0.29) is 23.7 Å². The highest BCUT2D eigenvalue weighted by Gasteiger charge is 2.12. The van der Waals surface area contributed by atoms with E-state index in [9.17, 15) is 12.8 Å². The van der Waals surface area contributed by atoms with Crippen LogP contribution in [0.1, 0.15) is 11.1 Å². The molecule has 1 aromatic carbocycles. The van der Waals surface area contributed by atoms with Gasteiger partial charge in [-0.25, -0.2) is 12.8 Å². The van der Waals surface area contributed by atoms with Gasteiger partial charge in [0.2, 0.25) is 0 Å². The van der Waals surface area contributed by atoms with Gasteiger partial charge in [-0.2, -0.15) is 0 Å². The van der Waals surface area contributed by atoms with E-state index in [0.717, 1.165) is 6.26 Å². The summed E-state index contributed by atoms with van der Waals surface area (Å²) in [5.74, 6) is -0.823. The number of hydrogen-bond acceptors (Lipinski definition) is 4. The van der Waals surface area contributed by atoms with Gasteiger partial charge in [-0.05, 0) is 13.1 Å². The highest BCUT2D eigenvalue weighted by molar-refractivity contribution is 7.90. The molecule has 19 heavy (non-hydrogen) atoms. The molecule has 7 heteroatoms. The van der Waals surface area contributed by atoms with Crippen molar-refractivity contribution in [3.05, 3.63) is 35.1 Å². The molecule has 0 fully saturated rings. The third kappa shape index (κ3) is 4.96. The number of hydrogen-bond donors (Lipinski definition) is 2. The van der Waals surface area contributed by atoms with E-state index < -0.39 is 15.7 Å². The minimum atomic E-state index is -3.03. The summed E-state index contributed by atoms with van der Waals surface area (Å²) < 4.78 is 36.1. The van der Waals surface area contributed by atoms with E-state index in [0.29, 0.717) is 12.1 Å². The van der Waals surface area contributed by atoms with E-state index in [1.165, 1.54) is 6.07 Å². The van der Waals surface area contributed by atoms with Crippen LogP contribution in [0.3, 0.4) is 0 Å². The Hall–Kier alpha value is -1.47. The number of nitrogens with zero attached hydrogens (tertiary/aromatic N) is 1. The van der Waals surface area contributed by atoms with Gasteiger partial charge in [0.15, 0.2) is 0 Å². The second-order valence-electron chi connectivity index (χ2n) is 4.56. The van der Waals surface area contributed by atoms with Gasteiger partial charge in [-0.1, -0.05) is 12.1 Å². The maximum Gasteiger partial charge on any atom is 0.148 e. The van der Waals surface area contributed by atoms with E-state index >= 15 is 0 Å². The molecular formula is C12H18FN3O2S. The van der Waals surface area contributed by atoms with E-state index in [4.69, 9.17) is 11.1 Å². The fourth-order valence-corrected chi connectivity index (χ4v) is 2.24. The molecule has 0 unspecified atom stereocenters. The number of sulfone groups is 1. The van der Waals surface area contributed by atoms with Crippen molar-refractivity contribution in [2.75, 3.05) is 25.6 Å². The molecule has 0 bridgehead atoms. The van der Waals surface area contributed by atoms with Crippen LogP contribution in [0, 0.1) is 11.2 Å². The first-order chi connectivity index (χ1) is 8.70. The topological polar surface area (TPSA) is 87.2 Å². The van der Waals surface area contributed by atoms with E-state index in [2.05, 4.69) is 0 Å². The molecule has 106 valence electrons. The SMILES string of the molecule is CN(CCS(C)(=O)=O)Cc1cccc(C(=N)N)c1F. The van der Waals surface area contributed by atoms with Gasteiger partial charge in [0.1, 0.15) is 21.5 Å². The van der Waals surface area contributed by atoms with Crippen LogP contribution < -0.4 is 5.73 Å². The predicted molar refractivity (Wildman–Crippen MR) is 73.5 cm³/mol. The van der Waals surface area contributed by atoms with Crippen molar-refractivity contribution in [2.24, 2.45) is 5.73 Å². The summed E-state index contributed by atoms with van der Waals surface area (Å²) in [6.45, 7) is 0.588. The normalized spacial score (nSPS) is 11.8. The lowest BCUT2D eigenvalue weighted by atomic mass is 10.1. The van der Waals surface area contributed by atoms with Gasteiger partial charge in [-0.3, -0.25) is 5.41 Å². The van der Waals surface area contributed by atoms with Crippen LogP contribution in [0.25, 0.3) is 0 Å².